The van der Waals surface area contributed by atoms with Crippen LogP contribution in [0.4, 0.5) is 0 Å². The fourth-order valence-electron chi connectivity index (χ4n) is 3.64. The predicted octanol–water partition coefficient (Wildman–Crippen LogP) is 2.10. The van der Waals surface area contributed by atoms with Gasteiger partial charge < -0.3 is 19.7 Å². The van der Waals surface area contributed by atoms with Crippen molar-refractivity contribution >= 4 is 23.2 Å². The van der Waals surface area contributed by atoms with Gasteiger partial charge >= 0.3 is 5.97 Å². The average molecular weight is 396 g/mol. The number of piperidine rings is 2. The zero-order valence-electron chi connectivity index (χ0n) is 16.2. The first kappa shape index (κ1) is 20.2. The normalized spacial score (nSPS) is 19.3. The van der Waals surface area contributed by atoms with Crippen molar-refractivity contribution in [1.82, 2.24) is 15.2 Å². The first-order valence-corrected chi connectivity index (χ1v) is 10.6. The number of hydrogen-bond donors (Lipinski definition) is 1. The number of ether oxygens (including phenoxy) is 2. The Kier molecular flexibility index (Phi) is 7.20. The van der Waals surface area contributed by atoms with E-state index < -0.39 is 0 Å². The topological polar surface area (TPSA) is 80.8 Å². The first-order valence-electron chi connectivity index (χ1n) is 9.74. The molecule has 0 aliphatic carbocycles. The van der Waals surface area contributed by atoms with Crippen LogP contribution in [-0.2, 0) is 14.3 Å². The lowest BCUT2D eigenvalue weighted by molar-refractivity contribution is -0.142. The highest BCUT2D eigenvalue weighted by atomic mass is 32.1. The van der Waals surface area contributed by atoms with Gasteiger partial charge in [-0.3, -0.25) is 9.59 Å². The second kappa shape index (κ2) is 9.61. The highest BCUT2D eigenvalue weighted by Gasteiger charge is 2.28. The van der Waals surface area contributed by atoms with Crippen molar-refractivity contribution in [2.45, 2.75) is 51.0 Å². The molecular weight excluding hydrogens is 366 g/mol. The van der Waals surface area contributed by atoms with E-state index in [0.717, 1.165) is 54.4 Å². The average Bonchev–Trinajstić information content (AvgIpc) is 3.10. The molecule has 8 heteroatoms. The van der Waals surface area contributed by atoms with Crippen LogP contribution < -0.4 is 5.32 Å². The van der Waals surface area contributed by atoms with E-state index in [1.807, 2.05) is 11.8 Å². The number of methoxy groups -OCH3 is 1. The first-order chi connectivity index (χ1) is 13.1. The minimum Gasteiger partial charge on any atom is -0.469 e. The maximum Gasteiger partial charge on any atom is 0.307 e. The fraction of sp³-hybridized carbons (Fsp3) is 0.737. The van der Waals surface area contributed by atoms with E-state index in [0.29, 0.717) is 25.6 Å². The van der Waals surface area contributed by atoms with E-state index in [1.54, 1.807) is 11.3 Å². The molecule has 1 N–H and O–H groups in total. The third-order valence-corrected chi connectivity index (χ3v) is 6.62. The molecule has 150 valence electrons. The molecule has 0 bridgehead atoms. The zero-order chi connectivity index (χ0) is 19.2. The number of aryl methyl sites for hydroxylation is 1. The number of hydrogen-bond acceptors (Lipinski definition) is 7. The van der Waals surface area contributed by atoms with Crippen LogP contribution in [0.25, 0.3) is 0 Å². The Bertz CT molecular complexity index is 649. The summed E-state index contributed by atoms with van der Waals surface area (Å²) in [7, 11) is 1.38. The number of esters is 1. The summed E-state index contributed by atoms with van der Waals surface area (Å²) in [6.07, 6.45) is 4.16. The van der Waals surface area contributed by atoms with Crippen LogP contribution in [0, 0.1) is 6.92 Å². The molecule has 3 rings (SSSR count). The maximum atomic E-state index is 12.9. The van der Waals surface area contributed by atoms with Crippen LogP contribution in [0.3, 0.4) is 0 Å². The largest absolute Gasteiger partial charge is 0.469 e. The Balaban J connectivity index is 1.50. The number of rotatable bonds is 6. The van der Waals surface area contributed by atoms with Crippen molar-refractivity contribution in [1.29, 1.82) is 0 Å². The molecule has 1 aromatic rings. The van der Waals surface area contributed by atoms with Crippen molar-refractivity contribution in [3.05, 3.63) is 15.6 Å². The van der Waals surface area contributed by atoms with Crippen LogP contribution in [-0.4, -0.2) is 67.8 Å². The molecule has 7 nitrogen and oxygen atoms in total. The van der Waals surface area contributed by atoms with Crippen LogP contribution in [0.15, 0.2) is 0 Å². The monoisotopic (exact) mass is 395 g/mol. The lowest BCUT2D eigenvalue weighted by Gasteiger charge is -2.31. The van der Waals surface area contributed by atoms with Crippen LogP contribution in [0.1, 0.15) is 58.4 Å². The predicted molar refractivity (Wildman–Crippen MR) is 103 cm³/mol. The van der Waals surface area contributed by atoms with Crippen molar-refractivity contribution in [3.8, 4) is 0 Å². The number of likely N-dealkylation sites (tertiary alicyclic amines) is 1. The molecule has 2 fully saturated rings. The van der Waals surface area contributed by atoms with E-state index in [2.05, 4.69) is 10.1 Å². The Morgan fingerprint density at radius 2 is 1.93 bits per heavy atom. The zero-order valence-corrected chi connectivity index (χ0v) is 17.0. The number of carbonyl (C=O) groups is 2. The molecule has 1 amide bonds. The third kappa shape index (κ3) is 5.27. The molecular formula is C19H29N3O4S. The van der Waals surface area contributed by atoms with E-state index in [-0.39, 0.29) is 24.4 Å². The summed E-state index contributed by atoms with van der Waals surface area (Å²) in [5, 5.41) is 4.48. The number of nitrogens with zero attached hydrogens (tertiary/aromatic N) is 2. The Morgan fingerprint density at radius 3 is 2.59 bits per heavy atom. The Morgan fingerprint density at radius 1 is 1.22 bits per heavy atom. The number of aromatic nitrogens is 1. The van der Waals surface area contributed by atoms with Crippen LogP contribution >= 0.6 is 11.3 Å². The van der Waals surface area contributed by atoms with Crippen molar-refractivity contribution in [3.63, 3.8) is 0 Å². The quantitative estimate of drug-likeness (QED) is 0.743. The highest BCUT2D eigenvalue weighted by molar-refractivity contribution is 7.13. The summed E-state index contributed by atoms with van der Waals surface area (Å²) in [4.78, 5) is 31.5. The molecule has 1 aromatic heterocycles. The Hall–Kier alpha value is -1.51. The van der Waals surface area contributed by atoms with Crippen molar-refractivity contribution < 1.29 is 19.1 Å². The van der Waals surface area contributed by atoms with Gasteiger partial charge in [-0.15, -0.1) is 11.3 Å². The van der Waals surface area contributed by atoms with E-state index in [1.165, 1.54) is 7.11 Å². The van der Waals surface area contributed by atoms with E-state index in [9.17, 15) is 9.59 Å². The van der Waals surface area contributed by atoms with Gasteiger partial charge in [-0.1, -0.05) is 0 Å². The molecule has 3 heterocycles. The van der Waals surface area contributed by atoms with Gasteiger partial charge in [0.2, 0.25) is 0 Å². The summed E-state index contributed by atoms with van der Waals surface area (Å²) >= 11 is 1.58. The third-order valence-electron chi connectivity index (χ3n) is 5.31. The molecule has 0 unspecified atom stereocenters. The SMILES string of the molecule is COC(=O)CCOC1CCN(C(=O)c2sc(C3CCNCC3)nc2C)CC1. The lowest BCUT2D eigenvalue weighted by atomic mass is 9.99. The molecule has 27 heavy (non-hydrogen) atoms. The number of thiazole rings is 1. The Labute approximate surface area is 164 Å². The van der Waals surface area contributed by atoms with Crippen LogP contribution in [0.5, 0.6) is 0 Å². The summed E-state index contributed by atoms with van der Waals surface area (Å²) in [6.45, 7) is 5.73. The summed E-state index contributed by atoms with van der Waals surface area (Å²) in [5.74, 6) is 0.316. The second-order valence-corrected chi connectivity index (χ2v) is 8.21. The minimum absolute atomic E-state index is 0.0956. The van der Waals surface area contributed by atoms with Crippen molar-refractivity contribution in [2.75, 3.05) is 39.9 Å². The van der Waals surface area contributed by atoms with Crippen LogP contribution in [0.2, 0.25) is 0 Å². The molecule has 0 spiro atoms. The molecule has 0 aromatic carbocycles. The second-order valence-electron chi connectivity index (χ2n) is 7.18. The van der Waals surface area contributed by atoms with Gasteiger partial charge in [0.1, 0.15) is 4.88 Å². The number of amides is 1. The van der Waals surface area contributed by atoms with Crippen molar-refractivity contribution in [2.24, 2.45) is 0 Å². The van der Waals surface area contributed by atoms with Gasteiger partial charge in [0.25, 0.3) is 5.91 Å². The smallest absolute Gasteiger partial charge is 0.307 e. The van der Waals surface area contributed by atoms with E-state index in [4.69, 9.17) is 9.72 Å². The molecule has 0 radical (unpaired) electrons. The molecule has 0 saturated carbocycles. The standard InChI is InChI=1S/C19H29N3O4S/c1-13-17(27-18(21-13)14-3-8-20-9-4-14)19(24)22-10-5-15(6-11-22)26-12-7-16(23)25-2/h14-15,20H,3-12H2,1-2H3. The van der Waals surface area contributed by atoms with Gasteiger partial charge in [-0.25, -0.2) is 4.98 Å². The molecule has 0 atom stereocenters. The van der Waals surface area contributed by atoms with Gasteiger partial charge in [-0.05, 0) is 45.7 Å². The molecule has 2 aliphatic rings. The van der Waals surface area contributed by atoms with Gasteiger partial charge in [0, 0.05) is 19.0 Å². The lowest BCUT2D eigenvalue weighted by Crippen LogP contribution is -2.41. The highest BCUT2D eigenvalue weighted by Crippen LogP contribution is 2.32. The number of carbonyl (C=O) groups excluding carboxylic acids is 2. The number of nitrogens with one attached hydrogen (secondary N) is 1. The maximum absolute atomic E-state index is 12.9. The molecule has 2 aliphatic heterocycles. The minimum atomic E-state index is -0.257. The summed E-state index contributed by atoms with van der Waals surface area (Å²) in [6, 6.07) is 0. The van der Waals surface area contributed by atoms with Gasteiger partial charge in [0.15, 0.2) is 0 Å². The van der Waals surface area contributed by atoms with Gasteiger partial charge in [-0.2, -0.15) is 0 Å². The van der Waals surface area contributed by atoms with E-state index >= 15 is 0 Å². The fourth-order valence-corrected chi connectivity index (χ4v) is 4.84. The molecule has 2 saturated heterocycles. The van der Waals surface area contributed by atoms with Gasteiger partial charge in [0.05, 0.1) is 36.9 Å². The summed E-state index contributed by atoms with van der Waals surface area (Å²) < 4.78 is 10.4. The summed E-state index contributed by atoms with van der Waals surface area (Å²) in [5.41, 5.74) is 0.856.